The Hall–Kier alpha value is -1.67. The van der Waals surface area contributed by atoms with Crippen molar-refractivity contribution in [3.63, 3.8) is 0 Å². The molecule has 19 heavy (non-hydrogen) atoms. The number of ether oxygens (including phenoxy) is 1. The molecule has 0 atom stereocenters. The number of nitro groups is 1. The molecule has 0 aromatic heterocycles. The van der Waals surface area contributed by atoms with Crippen LogP contribution in [-0.4, -0.2) is 39.9 Å². The van der Waals surface area contributed by atoms with Gasteiger partial charge in [0.05, 0.1) is 11.2 Å². The lowest BCUT2D eigenvalue weighted by atomic mass is 10.2. The Labute approximate surface area is 112 Å². The van der Waals surface area contributed by atoms with Crippen molar-refractivity contribution in [1.29, 1.82) is 0 Å². The highest BCUT2D eigenvalue weighted by molar-refractivity contribution is 7.92. The van der Waals surface area contributed by atoms with Gasteiger partial charge in [-0.05, 0) is 12.5 Å². The molecule has 0 aliphatic heterocycles. The lowest BCUT2D eigenvalue weighted by Crippen LogP contribution is -2.32. The zero-order chi connectivity index (χ0) is 14.5. The first-order valence-electron chi connectivity index (χ1n) is 5.58. The molecule has 0 heterocycles. The SMILES string of the molecule is COCCCN(c1ccccc1[N+](=O)[O-])S(C)(=O)=O. The summed E-state index contributed by atoms with van der Waals surface area (Å²) in [5.74, 6) is 0. The fraction of sp³-hybridized carbons (Fsp3) is 0.455. The van der Waals surface area contributed by atoms with Crippen molar-refractivity contribution in [3.05, 3.63) is 34.4 Å². The van der Waals surface area contributed by atoms with Gasteiger partial charge in [0.15, 0.2) is 0 Å². The zero-order valence-corrected chi connectivity index (χ0v) is 11.6. The van der Waals surface area contributed by atoms with Gasteiger partial charge >= 0.3 is 0 Å². The van der Waals surface area contributed by atoms with Gasteiger partial charge in [0.25, 0.3) is 5.69 Å². The molecule has 0 spiro atoms. The molecule has 0 amide bonds. The van der Waals surface area contributed by atoms with E-state index in [1.165, 1.54) is 25.3 Å². The van der Waals surface area contributed by atoms with E-state index in [-0.39, 0.29) is 17.9 Å². The van der Waals surface area contributed by atoms with E-state index in [9.17, 15) is 18.5 Å². The number of hydrogen-bond acceptors (Lipinski definition) is 5. The van der Waals surface area contributed by atoms with Gasteiger partial charge in [0.2, 0.25) is 10.0 Å². The first-order valence-corrected chi connectivity index (χ1v) is 7.43. The quantitative estimate of drug-likeness (QED) is 0.430. The van der Waals surface area contributed by atoms with Gasteiger partial charge in [-0.15, -0.1) is 0 Å². The number of rotatable bonds is 7. The van der Waals surface area contributed by atoms with Gasteiger partial charge in [-0.2, -0.15) is 0 Å². The largest absolute Gasteiger partial charge is 0.385 e. The molecule has 0 unspecified atom stereocenters. The third kappa shape index (κ3) is 4.18. The van der Waals surface area contributed by atoms with Crippen LogP contribution in [0.5, 0.6) is 0 Å². The topological polar surface area (TPSA) is 89.8 Å². The summed E-state index contributed by atoms with van der Waals surface area (Å²) < 4.78 is 29.4. The molecule has 1 aromatic carbocycles. The van der Waals surface area contributed by atoms with Gasteiger partial charge in [-0.3, -0.25) is 14.4 Å². The highest BCUT2D eigenvalue weighted by Crippen LogP contribution is 2.29. The molecule has 0 radical (unpaired) electrons. The van der Waals surface area contributed by atoms with E-state index >= 15 is 0 Å². The predicted octanol–water partition coefficient (Wildman–Crippen LogP) is 1.40. The molecule has 0 aliphatic rings. The Morgan fingerprint density at radius 2 is 2.00 bits per heavy atom. The first-order chi connectivity index (χ1) is 8.88. The van der Waals surface area contributed by atoms with Crippen molar-refractivity contribution in [2.45, 2.75) is 6.42 Å². The number of sulfonamides is 1. The van der Waals surface area contributed by atoms with Crippen LogP contribution in [-0.2, 0) is 14.8 Å². The number of benzene rings is 1. The van der Waals surface area contributed by atoms with Crippen LogP contribution in [0.3, 0.4) is 0 Å². The molecule has 0 bridgehead atoms. The minimum atomic E-state index is -3.58. The molecule has 0 saturated carbocycles. The van der Waals surface area contributed by atoms with Crippen molar-refractivity contribution in [1.82, 2.24) is 0 Å². The first kappa shape index (κ1) is 15.4. The fourth-order valence-corrected chi connectivity index (χ4v) is 2.62. The molecule has 0 aliphatic carbocycles. The van der Waals surface area contributed by atoms with Crippen molar-refractivity contribution >= 4 is 21.4 Å². The highest BCUT2D eigenvalue weighted by atomic mass is 32.2. The number of hydrogen-bond donors (Lipinski definition) is 0. The number of nitrogens with zero attached hydrogens (tertiary/aromatic N) is 2. The second kappa shape index (κ2) is 6.48. The maximum absolute atomic E-state index is 11.8. The minimum Gasteiger partial charge on any atom is -0.385 e. The van der Waals surface area contributed by atoms with E-state index in [2.05, 4.69) is 0 Å². The molecular formula is C11H16N2O5S. The monoisotopic (exact) mass is 288 g/mol. The molecule has 7 nitrogen and oxygen atoms in total. The molecule has 0 saturated heterocycles. The smallest absolute Gasteiger partial charge is 0.293 e. The minimum absolute atomic E-state index is 0.0751. The normalized spacial score (nSPS) is 11.3. The third-order valence-corrected chi connectivity index (χ3v) is 3.64. The second-order valence-corrected chi connectivity index (χ2v) is 5.83. The number of methoxy groups -OCH3 is 1. The maximum atomic E-state index is 11.8. The van der Waals surface area contributed by atoms with E-state index in [4.69, 9.17) is 4.74 Å². The summed E-state index contributed by atoms with van der Waals surface area (Å²) in [7, 11) is -2.07. The Balaban J connectivity index is 3.15. The van der Waals surface area contributed by atoms with Crippen LogP contribution in [0.25, 0.3) is 0 Å². The van der Waals surface area contributed by atoms with E-state index in [1.807, 2.05) is 0 Å². The molecule has 0 fully saturated rings. The summed E-state index contributed by atoms with van der Waals surface area (Å²) >= 11 is 0. The standard InChI is InChI=1S/C11H16N2O5S/c1-18-9-5-8-12(19(2,16)17)10-6-3-4-7-11(10)13(14)15/h3-4,6-7H,5,8-9H2,1-2H3. The Morgan fingerprint density at radius 1 is 1.37 bits per heavy atom. The maximum Gasteiger partial charge on any atom is 0.293 e. The Morgan fingerprint density at radius 3 is 2.53 bits per heavy atom. The Bertz CT molecular complexity index is 544. The zero-order valence-electron chi connectivity index (χ0n) is 10.8. The van der Waals surface area contributed by atoms with Crippen LogP contribution < -0.4 is 4.31 Å². The summed E-state index contributed by atoms with van der Waals surface area (Å²) in [5.41, 5.74) is -0.156. The average Bonchev–Trinajstić information content (AvgIpc) is 2.33. The van der Waals surface area contributed by atoms with E-state index in [1.54, 1.807) is 6.07 Å². The molecule has 8 heteroatoms. The van der Waals surface area contributed by atoms with Gasteiger partial charge in [-0.25, -0.2) is 8.42 Å². The van der Waals surface area contributed by atoms with Crippen molar-refractivity contribution in [2.75, 3.05) is 30.8 Å². The summed E-state index contributed by atoms with van der Waals surface area (Å²) in [6.07, 6.45) is 1.48. The molecular weight excluding hydrogens is 272 g/mol. The lowest BCUT2D eigenvalue weighted by molar-refractivity contribution is -0.384. The molecule has 0 N–H and O–H groups in total. The summed E-state index contributed by atoms with van der Waals surface area (Å²) in [6, 6.07) is 5.77. The van der Waals surface area contributed by atoms with Gasteiger partial charge in [-0.1, -0.05) is 12.1 Å². The number of para-hydroxylation sites is 2. The van der Waals surface area contributed by atoms with Crippen LogP contribution >= 0.6 is 0 Å². The Kier molecular flexibility index (Phi) is 5.25. The predicted molar refractivity (Wildman–Crippen MR) is 71.8 cm³/mol. The van der Waals surface area contributed by atoms with Gasteiger partial charge < -0.3 is 4.74 Å². The van der Waals surface area contributed by atoms with Crippen LogP contribution in [0.4, 0.5) is 11.4 Å². The van der Waals surface area contributed by atoms with Crippen LogP contribution in [0.1, 0.15) is 6.42 Å². The molecule has 106 valence electrons. The van der Waals surface area contributed by atoms with Gasteiger partial charge in [0, 0.05) is 26.3 Å². The number of nitro benzene ring substituents is 1. The fourth-order valence-electron chi connectivity index (χ4n) is 1.65. The summed E-state index contributed by atoms with van der Waals surface area (Å²) in [5, 5.41) is 10.9. The third-order valence-electron chi connectivity index (χ3n) is 2.46. The summed E-state index contributed by atoms with van der Waals surface area (Å²) in [6.45, 7) is 0.518. The number of anilines is 1. The summed E-state index contributed by atoms with van der Waals surface area (Å²) in [4.78, 5) is 10.3. The second-order valence-electron chi connectivity index (χ2n) is 3.93. The lowest BCUT2D eigenvalue weighted by Gasteiger charge is -2.21. The van der Waals surface area contributed by atoms with Crippen molar-refractivity contribution in [2.24, 2.45) is 0 Å². The van der Waals surface area contributed by atoms with E-state index in [0.29, 0.717) is 13.0 Å². The van der Waals surface area contributed by atoms with E-state index in [0.717, 1.165) is 10.6 Å². The van der Waals surface area contributed by atoms with E-state index < -0.39 is 14.9 Å². The average molecular weight is 288 g/mol. The molecule has 1 rings (SSSR count). The van der Waals surface area contributed by atoms with Crippen LogP contribution in [0.15, 0.2) is 24.3 Å². The van der Waals surface area contributed by atoms with Crippen LogP contribution in [0.2, 0.25) is 0 Å². The van der Waals surface area contributed by atoms with Crippen LogP contribution in [0, 0.1) is 10.1 Å². The van der Waals surface area contributed by atoms with Crippen molar-refractivity contribution < 1.29 is 18.1 Å². The molecule has 1 aromatic rings. The van der Waals surface area contributed by atoms with Gasteiger partial charge in [0.1, 0.15) is 5.69 Å². The van der Waals surface area contributed by atoms with Crippen molar-refractivity contribution in [3.8, 4) is 0 Å². The highest BCUT2D eigenvalue weighted by Gasteiger charge is 2.24.